The molecular weight excluding hydrogens is 210 g/mol. The summed E-state index contributed by atoms with van der Waals surface area (Å²) >= 11 is 0. The third-order valence-electron chi connectivity index (χ3n) is 2.17. The van der Waals surface area contributed by atoms with Crippen LogP contribution in [-0.4, -0.2) is 28.8 Å². The summed E-state index contributed by atoms with van der Waals surface area (Å²) in [6.07, 6.45) is -2.42. The standard InChI is InChI=1S/C11H19NO4/c1-11(2,3)16-10(15)12-8-6-4-5-7(8)9(13)14/h7-8H,4-6H2,1-3H3,(H,12,15)(H,13,14)/t7-,8+/m0/s1/i4D,6D/t4?,6?,7-,8+. The van der Waals surface area contributed by atoms with Crippen LogP contribution in [0.2, 0.25) is 0 Å². The Balaban J connectivity index is 2.69. The highest BCUT2D eigenvalue weighted by atomic mass is 16.6. The summed E-state index contributed by atoms with van der Waals surface area (Å²) in [6, 6.07) is -0.875. The number of hydrogen-bond acceptors (Lipinski definition) is 3. The van der Waals surface area contributed by atoms with Crippen LogP contribution in [0.5, 0.6) is 0 Å². The van der Waals surface area contributed by atoms with Crippen LogP contribution in [0.3, 0.4) is 0 Å². The Morgan fingerprint density at radius 1 is 1.50 bits per heavy atom. The first-order valence-electron chi connectivity index (χ1n) is 6.34. The van der Waals surface area contributed by atoms with E-state index in [0.717, 1.165) is 0 Å². The number of amides is 1. The van der Waals surface area contributed by atoms with Gasteiger partial charge in [-0.2, -0.15) is 0 Å². The van der Waals surface area contributed by atoms with Crippen molar-refractivity contribution in [3.8, 4) is 0 Å². The highest BCUT2D eigenvalue weighted by Crippen LogP contribution is 2.26. The Bertz CT molecular complexity index is 342. The Morgan fingerprint density at radius 2 is 2.12 bits per heavy atom. The number of hydrogen-bond donors (Lipinski definition) is 2. The van der Waals surface area contributed by atoms with E-state index in [1.54, 1.807) is 20.8 Å². The molecule has 92 valence electrons. The highest BCUT2D eigenvalue weighted by molar-refractivity contribution is 5.74. The number of alkyl carbamates (subject to hydrolysis) is 1. The number of nitrogens with one attached hydrogen (secondary N) is 1. The molecule has 1 rings (SSSR count). The first-order valence-corrected chi connectivity index (χ1v) is 5.18. The topological polar surface area (TPSA) is 75.6 Å². The summed E-state index contributed by atoms with van der Waals surface area (Å²) in [5.41, 5.74) is -0.681. The monoisotopic (exact) mass is 231 g/mol. The van der Waals surface area contributed by atoms with Crippen LogP contribution in [0.4, 0.5) is 4.79 Å². The zero-order valence-corrected chi connectivity index (χ0v) is 9.69. The average molecular weight is 231 g/mol. The molecule has 0 radical (unpaired) electrons. The molecule has 0 aliphatic heterocycles. The van der Waals surface area contributed by atoms with Crippen molar-refractivity contribution in [2.75, 3.05) is 0 Å². The predicted molar refractivity (Wildman–Crippen MR) is 58.1 cm³/mol. The fourth-order valence-electron chi connectivity index (χ4n) is 1.50. The Kier molecular flexibility index (Phi) is 2.93. The van der Waals surface area contributed by atoms with Gasteiger partial charge in [0.25, 0.3) is 0 Å². The van der Waals surface area contributed by atoms with E-state index in [1.165, 1.54) is 0 Å². The lowest BCUT2D eigenvalue weighted by Gasteiger charge is -2.23. The molecule has 0 aromatic rings. The summed E-state index contributed by atoms with van der Waals surface area (Å²) in [6.45, 7) is 5.09. The van der Waals surface area contributed by atoms with Crippen LogP contribution >= 0.6 is 0 Å². The molecule has 5 heteroatoms. The normalized spacial score (nSPS) is 36.2. The second-order valence-electron chi connectivity index (χ2n) is 4.78. The van der Waals surface area contributed by atoms with Crippen molar-refractivity contribution >= 4 is 12.1 Å². The summed E-state index contributed by atoms with van der Waals surface area (Å²) < 4.78 is 20.3. The molecule has 1 aliphatic carbocycles. The fourth-order valence-corrected chi connectivity index (χ4v) is 1.50. The molecule has 0 heterocycles. The van der Waals surface area contributed by atoms with Gasteiger partial charge in [-0.3, -0.25) is 4.79 Å². The second-order valence-corrected chi connectivity index (χ2v) is 4.78. The van der Waals surface area contributed by atoms with E-state index in [0.29, 0.717) is 0 Å². The molecule has 0 saturated heterocycles. The van der Waals surface area contributed by atoms with Gasteiger partial charge in [-0.25, -0.2) is 4.79 Å². The van der Waals surface area contributed by atoms with Gasteiger partial charge in [0.1, 0.15) is 5.60 Å². The molecule has 1 fully saturated rings. The molecule has 0 spiro atoms. The zero-order valence-electron chi connectivity index (χ0n) is 11.7. The van der Waals surface area contributed by atoms with Crippen LogP contribution in [0, 0.1) is 5.92 Å². The molecule has 1 saturated carbocycles. The SMILES string of the molecule is [2H]C1C[C@H](C(=O)O)[C@H](NC(=O)OC(C)(C)C)C1[2H]. The maximum Gasteiger partial charge on any atom is 0.407 e. The van der Waals surface area contributed by atoms with Gasteiger partial charge in [-0.1, -0.05) is 6.40 Å². The first kappa shape index (κ1) is 9.93. The van der Waals surface area contributed by atoms with Crippen molar-refractivity contribution in [1.82, 2.24) is 5.32 Å². The number of rotatable bonds is 2. The molecule has 4 atom stereocenters. The van der Waals surface area contributed by atoms with Gasteiger partial charge < -0.3 is 15.2 Å². The Morgan fingerprint density at radius 3 is 2.62 bits per heavy atom. The number of ether oxygens (including phenoxy) is 1. The number of carboxylic acids is 1. The van der Waals surface area contributed by atoms with E-state index in [-0.39, 0.29) is 6.42 Å². The minimum absolute atomic E-state index is 0.0734. The van der Waals surface area contributed by atoms with Crippen LogP contribution in [0.15, 0.2) is 0 Å². The van der Waals surface area contributed by atoms with E-state index >= 15 is 0 Å². The molecule has 0 aromatic heterocycles. The first-order chi connectivity index (χ1) is 8.11. The lowest BCUT2D eigenvalue weighted by molar-refractivity contribution is -0.142. The largest absolute Gasteiger partial charge is 0.481 e. The quantitative estimate of drug-likeness (QED) is 0.759. The average Bonchev–Trinajstić information content (AvgIpc) is 2.43. The molecule has 0 aromatic carbocycles. The number of carbonyl (C=O) groups excluding carboxylic acids is 1. The molecule has 1 amide bonds. The zero-order chi connectivity index (χ0) is 14.1. The van der Waals surface area contributed by atoms with Crippen LogP contribution in [0.1, 0.15) is 42.7 Å². The van der Waals surface area contributed by atoms with Gasteiger partial charge in [0.15, 0.2) is 0 Å². The van der Waals surface area contributed by atoms with Crippen LogP contribution in [0.25, 0.3) is 0 Å². The summed E-state index contributed by atoms with van der Waals surface area (Å²) in [7, 11) is 0. The third-order valence-corrected chi connectivity index (χ3v) is 2.17. The van der Waals surface area contributed by atoms with Crippen molar-refractivity contribution in [3.63, 3.8) is 0 Å². The molecule has 2 unspecified atom stereocenters. The van der Waals surface area contributed by atoms with E-state index in [4.69, 9.17) is 12.6 Å². The Hall–Kier alpha value is -1.26. The van der Waals surface area contributed by atoms with Gasteiger partial charge in [0, 0.05) is 8.78 Å². The fraction of sp³-hybridized carbons (Fsp3) is 0.818. The minimum Gasteiger partial charge on any atom is -0.481 e. The van der Waals surface area contributed by atoms with Gasteiger partial charge in [0.2, 0.25) is 0 Å². The molecule has 5 nitrogen and oxygen atoms in total. The highest BCUT2D eigenvalue weighted by Gasteiger charge is 2.34. The third kappa shape index (κ3) is 3.72. The lowest BCUT2D eigenvalue weighted by Crippen LogP contribution is -2.42. The smallest absolute Gasteiger partial charge is 0.407 e. The maximum atomic E-state index is 11.6. The van der Waals surface area contributed by atoms with Gasteiger partial charge in [0.05, 0.1) is 5.92 Å². The number of aliphatic carboxylic acids is 1. The lowest BCUT2D eigenvalue weighted by atomic mass is 10.0. The second kappa shape index (κ2) is 4.72. The Labute approximate surface area is 98.0 Å². The van der Waals surface area contributed by atoms with Crippen LogP contribution < -0.4 is 5.32 Å². The molecule has 2 N–H and O–H groups in total. The maximum absolute atomic E-state index is 11.6. The van der Waals surface area contributed by atoms with Gasteiger partial charge in [-0.05, 0) is 33.6 Å². The molecule has 0 bridgehead atoms. The van der Waals surface area contributed by atoms with Gasteiger partial charge in [-0.15, -0.1) is 0 Å². The van der Waals surface area contributed by atoms with Gasteiger partial charge >= 0.3 is 12.1 Å². The van der Waals surface area contributed by atoms with Crippen molar-refractivity contribution < 1.29 is 22.2 Å². The van der Waals surface area contributed by atoms with E-state index in [1.807, 2.05) is 0 Å². The van der Waals surface area contributed by atoms with Crippen molar-refractivity contribution in [1.29, 1.82) is 0 Å². The minimum atomic E-state index is -1.09. The van der Waals surface area contributed by atoms with E-state index in [2.05, 4.69) is 5.32 Å². The van der Waals surface area contributed by atoms with Crippen molar-refractivity contribution in [3.05, 3.63) is 0 Å². The summed E-state index contributed by atoms with van der Waals surface area (Å²) in [5.74, 6) is -1.99. The van der Waals surface area contributed by atoms with Crippen molar-refractivity contribution in [2.45, 2.75) is 51.6 Å². The summed E-state index contributed by atoms with van der Waals surface area (Å²) in [4.78, 5) is 22.6. The van der Waals surface area contributed by atoms with Crippen LogP contribution in [-0.2, 0) is 9.53 Å². The number of carbonyl (C=O) groups is 2. The van der Waals surface area contributed by atoms with E-state index in [9.17, 15) is 9.59 Å². The number of carboxylic acid groups (broad SMARTS) is 1. The van der Waals surface area contributed by atoms with Crippen molar-refractivity contribution in [2.24, 2.45) is 5.92 Å². The molecular formula is C11H19NO4. The molecule has 1 aliphatic rings. The summed E-state index contributed by atoms with van der Waals surface area (Å²) in [5, 5.41) is 11.4. The van der Waals surface area contributed by atoms with E-state index < -0.39 is 42.4 Å². The molecule has 16 heavy (non-hydrogen) atoms. The predicted octanol–water partition coefficient (Wildman–Crippen LogP) is 1.76.